The van der Waals surface area contributed by atoms with Crippen molar-refractivity contribution in [1.82, 2.24) is 9.80 Å². The molecule has 9 nitrogen and oxygen atoms in total. The number of hydrogen-bond donors (Lipinski definition) is 1. The molecule has 1 heterocycles. The summed E-state index contributed by atoms with van der Waals surface area (Å²) in [5, 5.41) is 13.7. The molecular weight excluding hydrogens is 388 g/mol. The van der Waals surface area contributed by atoms with Gasteiger partial charge in [-0.1, -0.05) is 18.2 Å². The number of non-ortho nitro benzene ring substituents is 1. The van der Waals surface area contributed by atoms with Crippen LogP contribution in [0.15, 0.2) is 48.5 Å². The molecule has 1 atom stereocenters. The average Bonchev–Trinajstić information content (AvgIpc) is 2.78. The molecule has 158 valence electrons. The molecule has 0 aliphatic carbocycles. The van der Waals surface area contributed by atoms with Crippen molar-refractivity contribution >= 4 is 23.2 Å². The summed E-state index contributed by atoms with van der Waals surface area (Å²) >= 11 is 0. The number of nitro groups is 1. The summed E-state index contributed by atoms with van der Waals surface area (Å²) in [4.78, 5) is 39.6. The fraction of sp³-hybridized carbons (Fsp3) is 0.333. The van der Waals surface area contributed by atoms with Gasteiger partial charge in [0, 0.05) is 43.9 Å². The summed E-state index contributed by atoms with van der Waals surface area (Å²) in [5.74, 6) is 0.0322. The molecule has 0 radical (unpaired) electrons. The summed E-state index contributed by atoms with van der Waals surface area (Å²) in [6, 6.07) is 12.7. The fourth-order valence-corrected chi connectivity index (χ4v) is 3.39. The van der Waals surface area contributed by atoms with Gasteiger partial charge in [-0.2, -0.15) is 0 Å². The maximum Gasteiger partial charge on any atom is 0.271 e. The second kappa shape index (κ2) is 9.36. The molecule has 2 amide bonds. The first kappa shape index (κ1) is 21.3. The maximum atomic E-state index is 12.7. The van der Waals surface area contributed by atoms with E-state index in [4.69, 9.17) is 4.74 Å². The Morgan fingerprint density at radius 3 is 2.37 bits per heavy atom. The average molecular weight is 412 g/mol. The predicted molar refractivity (Wildman–Crippen MR) is 112 cm³/mol. The third-order valence-corrected chi connectivity index (χ3v) is 5.20. The number of nitrogens with zero attached hydrogens (tertiary/aromatic N) is 3. The Morgan fingerprint density at radius 1 is 1.10 bits per heavy atom. The van der Waals surface area contributed by atoms with Gasteiger partial charge in [-0.15, -0.1) is 0 Å². The minimum Gasteiger partial charge on any atom is -0.495 e. The van der Waals surface area contributed by atoms with E-state index in [2.05, 4.69) is 5.32 Å². The Kier molecular flexibility index (Phi) is 6.63. The molecule has 0 aromatic heterocycles. The predicted octanol–water partition coefficient (Wildman–Crippen LogP) is 2.39. The van der Waals surface area contributed by atoms with Gasteiger partial charge in [0.25, 0.3) is 11.6 Å². The van der Waals surface area contributed by atoms with E-state index in [0.717, 1.165) is 0 Å². The van der Waals surface area contributed by atoms with E-state index in [9.17, 15) is 19.7 Å². The largest absolute Gasteiger partial charge is 0.495 e. The normalized spacial score (nSPS) is 15.3. The molecule has 0 unspecified atom stereocenters. The van der Waals surface area contributed by atoms with Crippen LogP contribution < -0.4 is 10.1 Å². The number of methoxy groups -OCH3 is 1. The molecule has 1 aliphatic rings. The molecule has 3 rings (SSSR count). The number of amides is 2. The van der Waals surface area contributed by atoms with E-state index in [-0.39, 0.29) is 23.2 Å². The summed E-state index contributed by atoms with van der Waals surface area (Å²) in [5.41, 5.74) is 0.766. The smallest absolute Gasteiger partial charge is 0.271 e. The van der Waals surface area contributed by atoms with Crippen molar-refractivity contribution in [3.63, 3.8) is 0 Å². The lowest BCUT2D eigenvalue weighted by Crippen LogP contribution is -2.54. The van der Waals surface area contributed by atoms with Crippen molar-refractivity contribution in [2.24, 2.45) is 0 Å². The zero-order valence-corrected chi connectivity index (χ0v) is 16.9. The summed E-state index contributed by atoms with van der Waals surface area (Å²) in [7, 11) is 1.43. The van der Waals surface area contributed by atoms with Crippen molar-refractivity contribution in [3.8, 4) is 5.75 Å². The maximum absolute atomic E-state index is 12.7. The van der Waals surface area contributed by atoms with Crippen LogP contribution >= 0.6 is 0 Å². The van der Waals surface area contributed by atoms with Crippen LogP contribution in [0.1, 0.15) is 17.3 Å². The minimum absolute atomic E-state index is 0.0197. The number of hydrogen-bond acceptors (Lipinski definition) is 6. The molecule has 9 heteroatoms. The van der Waals surface area contributed by atoms with Crippen molar-refractivity contribution < 1.29 is 19.2 Å². The number of piperazine rings is 1. The van der Waals surface area contributed by atoms with Gasteiger partial charge in [-0.3, -0.25) is 24.6 Å². The van der Waals surface area contributed by atoms with Crippen molar-refractivity contribution in [1.29, 1.82) is 0 Å². The molecule has 1 fully saturated rings. The number of carbonyl (C=O) groups excluding carboxylic acids is 2. The molecular formula is C21H24N4O5. The Balaban J connectivity index is 1.61. The highest BCUT2D eigenvalue weighted by atomic mass is 16.6. The van der Waals surface area contributed by atoms with Gasteiger partial charge in [0.1, 0.15) is 5.75 Å². The topological polar surface area (TPSA) is 105 Å². The van der Waals surface area contributed by atoms with E-state index in [1.54, 1.807) is 24.0 Å². The van der Waals surface area contributed by atoms with Crippen LogP contribution in [0.4, 0.5) is 11.4 Å². The van der Waals surface area contributed by atoms with E-state index in [1.807, 2.05) is 23.1 Å². The lowest BCUT2D eigenvalue weighted by Gasteiger charge is -2.37. The quantitative estimate of drug-likeness (QED) is 0.577. The number of ether oxygens (including phenoxy) is 1. The van der Waals surface area contributed by atoms with Gasteiger partial charge in [0.15, 0.2) is 0 Å². The Bertz CT molecular complexity index is 926. The number of nitro benzene ring substituents is 1. The molecule has 2 aromatic carbocycles. The second-order valence-electron chi connectivity index (χ2n) is 7.00. The highest BCUT2D eigenvalue weighted by Crippen LogP contribution is 2.29. The molecule has 0 saturated carbocycles. The number of nitrogens with one attached hydrogen (secondary N) is 1. The lowest BCUT2D eigenvalue weighted by atomic mass is 10.1. The van der Waals surface area contributed by atoms with Crippen LogP contribution in [0.25, 0.3) is 0 Å². The van der Waals surface area contributed by atoms with Gasteiger partial charge in [0.2, 0.25) is 5.91 Å². The summed E-state index contributed by atoms with van der Waals surface area (Å²) in [6.45, 7) is 3.92. The first-order valence-electron chi connectivity index (χ1n) is 9.62. The first-order valence-corrected chi connectivity index (χ1v) is 9.62. The molecule has 1 saturated heterocycles. The highest BCUT2D eigenvalue weighted by Gasteiger charge is 2.28. The van der Waals surface area contributed by atoms with Gasteiger partial charge in [-0.25, -0.2) is 0 Å². The summed E-state index contributed by atoms with van der Waals surface area (Å²) in [6.07, 6.45) is 0. The third-order valence-electron chi connectivity index (χ3n) is 5.20. The third kappa shape index (κ3) is 4.74. The fourth-order valence-electron chi connectivity index (χ4n) is 3.39. The standard InChI is InChI=1S/C21H24N4O5/c1-15(20(26)22-18-14-17(25(28)29)8-9-19(18)30-2)23-10-12-24(13-11-23)21(27)16-6-4-3-5-7-16/h3-9,14-15H,10-13H2,1-2H3,(H,22,26)/t15-/m0/s1. The van der Waals surface area contributed by atoms with Gasteiger partial charge < -0.3 is 15.0 Å². The van der Waals surface area contributed by atoms with Crippen LogP contribution in [0.3, 0.4) is 0 Å². The zero-order chi connectivity index (χ0) is 21.7. The van der Waals surface area contributed by atoms with E-state index in [1.165, 1.54) is 25.3 Å². The number of anilines is 1. The van der Waals surface area contributed by atoms with Crippen LogP contribution in [0.5, 0.6) is 5.75 Å². The molecule has 2 aromatic rings. The van der Waals surface area contributed by atoms with E-state index >= 15 is 0 Å². The monoisotopic (exact) mass is 412 g/mol. The van der Waals surface area contributed by atoms with Crippen LogP contribution in [0.2, 0.25) is 0 Å². The Hall–Kier alpha value is -3.46. The molecule has 1 aliphatic heterocycles. The van der Waals surface area contributed by atoms with Crippen molar-refractivity contribution in [2.75, 3.05) is 38.6 Å². The second-order valence-corrected chi connectivity index (χ2v) is 7.00. The molecule has 30 heavy (non-hydrogen) atoms. The van der Waals surface area contributed by atoms with E-state index < -0.39 is 11.0 Å². The van der Waals surface area contributed by atoms with Gasteiger partial charge >= 0.3 is 0 Å². The highest BCUT2D eigenvalue weighted by molar-refractivity contribution is 5.96. The first-order chi connectivity index (χ1) is 14.4. The van der Waals surface area contributed by atoms with Gasteiger partial charge in [-0.05, 0) is 25.1 Å². The van der Waals surface area contributed by atoms with Crippen molar-refractivity contribution in [3.05, 3.63) is 64.2 Å². The number of carbonyl (C=O) groups is 2. The number of rotatable bonds is 6. The van der Waals surface area contributed by atoms with Crippen LogP contribution in [0, 0.1) is 10.1 Å². The SMILES string of the molecule is COc1ccc([N+](=O)[O-])cc1NC(=O)[C@H](C)N1CCN(C(=O)c2ccccc2)CC1. The summed E-state index contributed by atoms with van der Waals surface area (Å²) < 4.78 is 5.19. The van der Waals surface area contributed by atoms with Gasteiger partial charge in [0.05, 0.1) is 23.8 Å². The minimum atomic E-state index is -0.526. The number of benzene rings is 2. The molecule has 1 N–H and O–H groups in total. The zero-order valence-electron chi connectivity index (χ0n) is 16.9. The molecule has 0 bridgehead atoms. The Labute approximate surface area is 174 Å². The van der Waals surface area contributed by atoms with E-state index in [0.29, 0.717) is 37.5 Å². The van der Waals surface area contributed by atoms with Crippen molar-refractivity contribution in [2.45, 2.75) is 13.0 Å². The lowest BCUT2D eigenvalue weighted by molar-refractivity contribution is -0.384. The van der Waals surface area contributed by atoms with Crippen LogP contribution in [-0.4, -0.2) is 65.9 Å². The van der Waals surface area contributed by atoms with Crippen LogP contribution in [-0.2, 0) is 4.79 Å². The molecule has 0 spiro atoms. The Morgan fingerprint density at radius 2 is 1.77 bits per heavy atom.